The number of rotatable bonds is 2. The Labute approximate surface area is 63.6 Å². The zero-order valence-corrected chi connectivity index (χ0v) is 7.00. The molecule has 56 valence electrons. The van der Waals surface area contributed by atoms with Crippen molar-refractivity contribution in [2.75, 3.05) is 13.1 Å². The summed E-state index contributed by atoms with van der Waals surface area (Å²) in [5.41, 5.74) is 0. The van der Waals surface area contributed by atoms with Gasteiger partial charge in [-0.25, -0.2) is 0 Å². The second kappa shape index (κ2) is 4.13. The zero-order chi connectivity index (χ0) is 5.98. The molecule has 1 fully saturated rings. The summed E-state index contributed by atoms with van der Waals surface area (Å²) in [7, 11) is 0. The lowest BCUT2D eigenvalue weighted by Gasteiger charge is -2.31. The number of hydrogen-bond acceptors (Lipinski definition) is 1. The summed E-state index contributed by atoms with van der Waals surface area (Å²) in [5.74, 6) is 1.93. The standard InChI is InChI=1S/C7H15N.ClH/c1-3-6(2)7-4-8-5-7;/h6-8H,3-5H2,1-2H3;1H. The van der Waals surface area contributed by atoms with Crippen LogP contribution < -0.4 is 5.32 Å². The summed E-state index contributed by atoms with van der Waals surface area (Å²) >= 11 is 0. The molecular formula is C7H16ClN. The Hall–Kier alpha value is 0.250. The highest BCUT2D eigenvalue weighted by Gasteiger charge is 2.21. The average Bonchev–Trinajstić information content (AvgIpc) is 1.62. The molecule has 1 unspecified atom stereocenters. The van der Waals surface area contributed by atoms with Crippen molar-refractivity contribution in [1.82, 2.24) is 5.32 Å². The molecule has 1 aliphatic rings. The first-order valence-electron chi connectivity index (χ1n) is 3.55. The van der Waals surface area contributed by atoms with Gasteiger partial charge in [0.2, 0.25) is 0 Å². The molecule has 2 heteroatoms. The predicted octanol–water partition coefficient (Wildman–Crippen LogP) is 1.67. The molecule has 0 aromatic carbocycles. The van der Waals surface area contributed by atoms with Crippen molar-refractivity contribution in [3.8, 4) is 0 Å². The first-order chi connectivity index (χ1) is 3.84. The van der Waals surface area contributed by atoms with Gasteiger partial charge in [-0.1, -0.05) is 20.3 Å². The van der Waals surface area contributed by atoms with Gasteiger partial charge in [-0.15, -0.1) is 12.4 Å². The van der Waals surface area contributed by atoms with E-state index < -0.39 is 0 Å². The van der Waals surface area contributed by atoms with E-state index in [1.54, 1.807) is 0 Å². The van der Waals surface area contributed by atoms with Crippen LogP contribution in [0, 0.1) is 11.8 Å². The molecule has 0 aromatic rings. The van der Waals surface area contributed by atoms with E-state index in [1.807, 2.05) is 0 Å². The van der Waals surface area contributed by atoms with Crippen molar-refractivity contribution in [3.63, 3.8) is 0 Å². The Morgan fingerprint density at radius 3 is 2.22 bits per heavy atom. The number of hydrogen-bond donors (Lipinski definition) is 1. The first-order valence-corrected chi connectivity index (χ1v) is 3.55. The Morgan fingerprint density at radius 2 is 2.11 bits per heavy atom. The van der Waals surface area contributed by atoms with Gasteiger partial charge in [0.15, 0.2) is 0 Å². The molecule has 0 amide bonds. The second-order valence-electron chi connectivity index (χ2n) is 2.80. The maximum Gasteiger partial charge on any atom is -0.000570 e. The summed E-state index contributed by atoms with van der Waals surface area (Å²) in [6.45, 7) is 7.12. The van der Waals surface area contributed by atoms with Crippen LogP contribution in [0.1, 0.15) is 20.3 Å². The third-order valence-electron chi connectivity index (χ3n) is 2.26. The summed E-state index contributed by atoms with van der Waals surface area (Å²) < 4.78 is 0. The van der Waals surface area contributed by atoms with Crippen LogP contribution in [0.25, 0.3) is 0 Å². The molecule has 1 aliphatic heterocycles. The topological polar surface area (TPSA) is 12.0 Å². The van der Waals surface area contributed by atoms with Crippen molar-refractivity contribution in [1.29, 1.82) is 0 Å². The molecule has 0 aromatic heterocycles. The van der Waals surface area contributed by atoms with Gasteiger partial charge < -0.3 is 5.32 Å². The maximum atomic E-state index is 3.28. The van der Waals surface area contributed by atoms with E-state index in [0.717, 1.165) is 11.8 Å². The van der Waals surface area contributed by atoms with Crippen LogP contribution in [-0.2, 0) is 0 Å². The lowest BCUT2D eigenvalue weighted by atomic mass is 9.87. The Bertz CT molecular complexity index is 68.6. The van der Waals surface area contributed by atoms with Crippen LogP contribution in [0.3, 0.4) is 0 Å². The lowest BCUT2D eigenvalue weighted by Crippen LogP contribution is -2.45. The minimum absolute atomic E-state index is 0. The van der Waals surface area contributed by atoms with Crippen LogP contribution >= 0.6 is 12.4 Å². The second-order valence-corrected chi connectivity index (χ2v) is 2.80. The minimum Gasteiger partial charge on any atom is -0.316 e. The highest BCUT2D eigenvalue weighted by molar-refractivity contribution is 5.85. The average molecular weight is 150 g/mol. The Kier molecular flexibility index (Phi) is 4.24. The fourth-order valence-electron chi connectivity index (χ4n) is 1.05. The van der Waals surface area contributed by atoms with Crippen LogP contribution in [-0.4, -0.2) is 13.1 Å². The van der Waals surface area contributed by atoms with E-state index in [2.05, 4.69) is 19.2 Å². The van der Waals surface area contributed by atoms with E-state index in [9.17, 15) is 0 Å². The van der Waals surface area contributed by atoms with E-state index in [0.29, 0.717) is 0 Å². The third-order valence-corrected chi connectivity index (χ3v) is 2.26. The summed E-state index contributed by atoms with van der Waals surface area (Å²) in [5, 5.41) is 3.28. The van der Waals surface area contributed by atoms with Gasteiger partial charge in [0, 0.05) is 0 Å². The zero-order valence-electron chi connectivity index (χ0n) is 6.18. The fraction of sp³-hybridized carbons (Fsp3) is 1.00. The molecular weight excluding hydrogens is 134 g/mol. The molecule has 1 rings (SSSR count). The van der Waals surface area contributed by atoms with Crippen molar-refractivity contribution in [2.45, 2.75) is 20.3 Å². The minimum atomic E-state index is 0. The predicted molar refractivity (Wildman–Crippen MR) is 43.1 cm³/mol. The summed E-state index contributed by atoms with van der Waals surface area (Å²) in [6.07, 6.45) is 1.34. The fourth-order valence-corrected chi connectivity index (χ4v) is 1.05. The molecule has 1 nitrogen and oxygen atoms in total. The highest BCUT2D eigenvalue weighted by atomic mass is 35.5. The van der Waals surface area contributed by atoms with E-state index in [4.69, 9.17) is 0 Å². The van der Waals surface area contributed by atoms with E-state index in [-0.39, 0.29) is 12.4 Å². The molecule has 1 N–H and O–H groups in total. The normalized spacial score (nSPS) is 22.0. The Balaban J connectivity index is 0.000000640. The molecule has 9 heavy (non-hydrogen) atoms. The molecule has 1 heterocycles. The molecule has 0 saturated carbocycles. The van der Waals surface area contributed by atoms with Gasteiger partial charge in [-0.2, -0.15) is 0 Å². The van der Waals surface area contributed by atoms with Gasteiger partial charge in [-0.3, -0.25) is 0 Å². The summed E-state index contributed by atoms with van der Waals surface area (Å²) in [4.78, 5) is 0. The number of nitrogens with one attached hydrogen (secondary N) is 1. The highest BCUT2D eigenvalue weighted by Crippen LogP contribution is 2.17. The van der Waals surface area contributed by atoms with Gasteiger partial charge >= 0.3 is 0 Å². The molecule has 0 radical (unpaired) electrons. The summed E-state index contributed by atoms with van der Waals surface area (Å²) in [6, 6.07) is 0. The van der Waals surface area contributed by atoms with Gasteiger partial charge in [0.1, 0.15) is 0 Å². The van der Waals surface area contributed by atoms with Crippen molar-refractivity contribution in [3.05, 3.63) is 0 Å². The van der Waals surface area contributed by atoms with Gasteiger partial charge in [0.25, 0.3) is 0 Å². The van der Waals surface area contributed by atoms with Crippen LogP contribution in [0.2, 0.25) is 0 Å². The molecule has 0 spiro atoms. The van der Waals surface area contributed by atoms with Gasteiger partial charge in [-0.05, 0) is 24.9 Å². The lowest BCUT2D eigenvalue weighted by molar-refractivity contribution is 0.244. The number of halogens is 1. The van der Waals surface area contributed by atoms with E-state index in [1.165, 1.54) is 19.5 Å². The SMILES string of the molecule is CCC(C)C1CNC1.Cl. The van der Waals surface area contributed by atoms with Gasteiger partial charge in [0.05, 0.1) is 0 Å². The maximum absolute atomic E-state index is 3.28. The van der Waals surface area contributed by atoms with Crippen molar-refractivity contribution < 1.29 is 0 Å². The first kappa shape index (κ1) is 9.25. The third kappa shape index (κ3) is 2.15. The van der Waals surface area contributed by atoms with Crippen LogP contribution in [0.4, 0.5) is 0 Å². The quantitative estimate of drug-likeness (QED) is 0.630. The molecule has 0 bridgehead atoms. The monoisotopic (exact) mass is 149 g/mol. The van der Waals surface area contributed by atoms with Crippen molar-refractivity contribution >= 4 is 12.4 Å². The molecule has 0 aliphatic carbocycles. The van der Waals surface area contributed by atoms with E-state index >= 15 is 0 Å². The molecule has 1 saturated heterocycles. The van der Waals surface area contributed by atoms with Crippen molar-refractivity contribution in [2.24, 2.45) is 11.8 Å². The van der Waals surface area contributed by atoms with Crippen LogP contribution in [0.15, 0.2) is 0 Å². The molecule has 1 atom stereocenters. The van der Waals surface area contributed by atoms with Crippen LogP contribution in [0.5, 0.6) is 0 Å². The largest absolute Gasteiger partial charge is 0.316 e. The Morgan fingerprint density at radius 1 is 1.56 bits per heavy atom. The smallest absolute Gasteiger partial charge is 0.000570 e.